The normalized spacial score (nSPS) is 21.2. The van der Waals surface area contributed by atoms with E-state index < -0.39 is 12.1 Å². The van der Waals surface area contributed by atoms with Crippen LogP contribution in [-0.2, 0) is 4.79 Å². The van der Waals surface area contributed by atoms with Crippen molar-refractivity contribution in [1.29, 1.82) is 0 Å². The third kappa shape index (κ3) is 4.38. The molecule has 1 atom stereocenters. The third-order valence-corrected chi connectivity index (χ3v) is 2.81. The molecular weight excluding hydrogens is 271 g/mol. The van der Waals surface area contributed by atoms with Crippen LogP contribution < -0.4 is 5.73 Å². The maximum absolute atomic E-state index is 10.6. The highest BCUT2D eigenvalue weighted by Gasteiger charge is 2.38. The van der Waals surface area contributed by atoms with E-state index in [0.717, 1.165) is 6.42 Å². The summed E-state index contributed by atoms with van der Waals surface area (Å²) in [4.78, 5) is 8.90. The Morgan fingerprint density at radius 1 is 1.35 bits per heavy atom. The minimum absolute atomic E-state index is 0.0718. The average molecular weight is 287 g/mol. The average Bonchev–Trinajstić information content (AvgIpc) is 2.26. The molecule has 0 bridgehead atoms. The molecule has 3 N–H and O–H groups in total. The summed E-state index contributed by atoms with van der Waals surface area (Å²) in [6, 6.07) is 8.45. The van der Waals surface area contributed by atoms with Crippen molar-refractivity contribution in [2.45, 2.75) is 32.0 Å². The van der Waals surface area contributed by atoms with Crippen LogP contribution in [0.2, 0.25) is 0 Å². The number of benzene rings is 1. The van der Waals surface area contributed by atoms with Crippen LogP contribution in [0, 0.1) is 6.92 Å². The standard InChI is InChI=1S/C12H15N.C2HF3O2/c1-9-5-3-4-6-11(9)10-7-12(2,13)8-10;3-2(4,5)1(6)7/h3-7H,8,13H2,1-2H3;(H,6,7). The summed E-state index contributed by atoms with van der Waals surface area (Å²) < 4.78 is 31.7. The predicted octanol–water partition coefficient (Wildman–Crippen LogP) is 3.13. The highest BCUT2D eigenvalue weighted by molar-refractivity contribution is 5.75. The molecule has 1 aliphatic carbocycles. The van der Waals surface area contributed by atoms with Crippen LogP contribution in [0.25, 0.3) is 5.57 Å². The quantitative estimate of drug-likeness (QED) is 0.834. The minimum atomic E-state index is -5.08. The minimum Gasteiger partial charge on any atom is -0.475 e. The second kappa shape index (κ2) is 5.66. The maximum Gasteiger partial charge on any atom is 0.490 e. The van der Waals surface area contributed by atoms with Gasteiger partial charge in [0.1, 0.15) is 0 Å². The van der Waals surface area contributed by atoms with Gasteiger partial charge < -0.3 is 10.8 Å². The fourth-order valence-electron chi connectivity index (χ4n) is 1.89. The molecule has 6 heteroatoms. The lowest BCUT2D eigenvalue weighted by Gasteiger charge is -2.33. The SMILES string of the molecule is Cc1ccccc1C1=CC(C)(N)C1.O=C(O)C(F)(F)F. The largest absolute Gasteiger partial charge is 0.490 e. The fourth-order valence-corrected chi connectivity index (χ4v) is 1.89. The summed E-state index contributed by atoms with van der Waals surface area (Å²) in [5.41, 5.74) is 9.93. The first-order valence-electron chi connectivity index (χ1n) is 5.90. The summed E-state index contributed by atoms with van der Waals surface area (Å²) in [5.74, 6) is -2.76. The number of carbonyl (C=O) groups is 1. The molecule has 0 radical (unpaired) electrons. The van der Waals surface area contributed by atoms with Crippen molar-refractivity contribution in [2.75, 3.05) is 0 Å². The van der Waals surface area contributed by atoms with Crippen molar-refractivity contribution >= 4 is 11.5 Å². The highest BCUT2D eigenvalue weighted by Crippen LogP contribution is 2.36. The first-order valence-corrected chi connectivity index (χ1v) is 5.90. The summed E-state index contributed by atoms with van der Waals surface area (Å²) in [7, 11) is 0. The van der Waals surface area contributed by atoms with Crippen LogP contribution in [0.15, 0.2) is 30.3 Å². The smallest absolute Gasteiger partial charge is 0.475 e. The van der Waals surface area contributed by atoms with Gasteiger partial charge in [-0.05, 0) is 37.0 Å². The lowest BCUT2D eigenvalue weighted by Crippen LogP contribution is -2.40. The Bertz CT molecular complexity index is 533. The summed E-state index contributed by atoms with van der Waals surface area (Å²) in [5, 5.41) is 7.12. The van der Waals surface area contributed by atoms with Crippen molar-refractivity contribution in [2.24, 2.45) is 5.73 Å². The molecule has 1 aromatic carbocycles. The van der Waals surface area contributed by atoms with Gasteiger partial charge in [-0.25, -0.2) is 4.79 Å². The van der Waals surface area contributed by atoms with Gasteiger partial charge in [-0.1, -0.05) is 30.3 Å². The zero-order chi connectivity index (χ0) is 15.6. The molecule has 0 spiro atoms. The molecule has 3 nitrogen and oxygen atoms in total. The van der Waals surface area contributed by atoms with E-state index in [2.05, 4.69) is 44.2 Å². The Hall–Kier alpha value is -1.82. The predicted molar refractivity (Wildman–Crippen MR) is 70.1 cm³/mol. The van der Waals surface area contributed by atoms with E-state index in [1.54, 1.807) is 0 Å². The van der Waals surface area contributed by atoms with Gasteiger partial charge in [0.25, 0.3) is 0 Å². The van der Waals surface area contributed by atoms with Crippen molar-refractivity contribution in [3.8, 4) is 0 Å². The van der Waals surface area contributed by atoms with Gasteiger partial charge in [-0.3, -0.25) is 0 Å². The number of carboxylic acid groups (broad SMARTS) is 1. The molecule has 2 rings (SSSR count). The van der Waals surface area contributed by atoms with E-state index in [-0.39, 0.29) is 5.54 Å². The van der Waals surface area contributed by atoms with Crippen LogP contribution in [0.5, 0.6) is 0 Å². The number of carboxylic acids is 1. The zero-order valence-corrected chi connectivity index (χ0v) is 11.2. The van der Waals surface area contributed by atoms with E-state index in [1.165, 1.54) is 16.7 Å². The Morgan fingerprint density at radius 2 is 1.80 bits per heavy atom. The second-order valence-electron chi connectivity index (χ2n) is 4.97. The number of rotatable bonds is 1. The number of alkyl halides is 3. The Labute approximate surface area is 114 Å². The summed E-state index contributed by atoms with van der Waals surface area (Å²) in [6.07, 6.45) is -1.92. The van der Waals surface area contributed by atoms with Gasteiger partial charge in [0, 0.05) is 5.54 Å². The molecule has 20 heavy (non-hydrogen) atoms. The Morgan fingerprint density at radius 3 is 2.15 bits per heavy atom. The van der Waals surface area contributed by atoms with Gasteiger partial charge in [-0.2, -0.15) is 13.2 Å². The molecule has 0 fully saturated rings. The number of nitrogens with two attached hydrogens (primary N) is 1. The van der Waals surface area contributed by atoms with Gasteiger partial charge in [-0.15, -0.1) is 0 Å². The van der Waals surface area contributed by atoms with Crippen molar-refractivity contribution in [1.82, 2.24) is 0 Å². The number of aliphatic carboxylic acids is 1. The van der Waals surface area contributed by atoms with Crippen molar-refractivity contribution < 1.29 is 23.1 Å². The lowest BCUT2D eigenvalue weighted by molar-refractivity contribution is -0.192. The van der Waals surface area contributed by atoms with E-state index in [1.807, 2.05) is 0 Å². The Balaban J connectivity index is 0.000000246. The van der Waals surface area contributed by atoms with Gasteiger partial charge in [0.05, 0.1) is 0 Å². The topological polar surface area (TPSA) is 63.3 Å². The lowest BCUT2D eigenvalue weighted by atomic mass is 9.77. The zero-order valence-electron chi connectivity index (χ0n) is 11.2. The van der Waals surface area contributed by atoms with Crippen molar-refractivity contribution in [3.63, 3.8) is 0 Å². The fraction of sp³-hybridized carbons (Fsp3) is 0.357. The van der Waals surface area contributed by atoms with Crippen LogP contribution in [0.1, 0.15) is 24.5 Å². The van der Waals surface area contributed by atoms with Crippen LogP contribution in [0.4, 0.5) is 13.2 Å². The van der Waals surface area contributed by atoms with Crippen LogP contribution in [0.3, 0.4) is 0 Å². The molecule has 0 aliphatic heterocycles. The molecular formula is C14H16F3NO2. The molecule has 0 saturated carbocycles. The Kier molecular flexibility index (Phi) is 4.60. The van der Waals surface area contributed by atoms with Crippen molar-refractivity contribution in [3.05, 3.63) is 41.5 Å². The van der Waals surface area contributed by atoms with E-state index >= 15 is 0 Å². The molecule has 0 heterocycles. The van der Waals surface area contributed by atoms with Crippen LogP contribution in [-0.4, -0.2) is 22.8 Å². The van der Waals surface area contributed by atoms with E-state index in [4.69, 9.17) is 15.6 Å². The van der Waals surface area contributed by atoms with Gasteiger partial charge in [0.2, 0.25) is 0 Å². The number of hydrogen-bond donors (Lipinski definition) is 2. The molecule has 1 aromatic rings. The molecule has 1 aliphatic rings. The first kappa shape index (κ1) is 16.2. The number of halogens is 3. The molecule has 0 amide bonds. The second-order valence-corrected chi connectivity index (χ2v) is 4.97. The monoisotopic (exact) mass is 287 g/mol. The summed E-state index contributed by atoms with van der Waals surface area (Å²) in [6.45, 7) is 4.21. The summed E-state index contributed by atoms with van der Waals surface area (Å²) >= 11 is 0. The third-order valence-electron chi connectivity index (χ3n) is 2.81. The molecule has 110 valence electrons. The molecule has 0 saturated heterocycles. The first-order chi connectivity index (χ1) is 9.03. The van der Waals surface area contributed by atoms with E-state index in [9.17, 15) is 13.2 Å². The highest BCUT2D eigenvalue weighted by atomic mass is 19.4. The van der Waals surface area contributed by atoms with Gasteiger partial charge in [0.15, 0.2) is 0 Å². The number of aryl methyl sites for hydroxylation is 1. The van der Waals surface area contributed by atoms with Crippen LogP contribution >= 0.6 is 0 Å². The number of hydrogen-bond acceptors (Lipinski definition) is 2. The van der Waals surface area contributed by atoms with Gasteiger partial charge >= 0.3 is 12.1 Å². The molecule has 0 aromatic heterocycles. The molecule has 1 unspecified atom stereocenters. The maximum atomic E-state index is 10.6. The van der Waals surface area contributed by atoms with E-state index in [0.29, 0.717) is 0 Å².